The van der Waals surface area contributed by atoms with Crippen LogP contribution < -0.4 is 5.32 Å². The monoisotopic (exact) mass is 258 g/mol. The van der Waals surface area contributed by atoms with Gasteiger partial charge in [0.2, 0.25) is 0 Å². The van der Waals surface area contributed by atoms with Crippen LogP contribution in [0.1, 0.15) is 43.4 Å². The number of nitrogens with one attached hydrogen (secondary N) is 1. The predicted octanol–water partition coefficient (Wildman–Crippen LogP) is 2.99. The van der Waals surface area contributed by atoms with E-state index in [1.54, 1.807) is 5.56 Å². The Morgan fingerprint density at radius 1 is 1.21 bits per heavy atom. The lowest BCUT2D eigenvalue weighted by molar-refractivity contribution is 0.0944. The molecule has 0 amide bonds. The second kappa shape index (κ2) is 5.64. The number of likely N-dealkylation sites (N-methyl/N-ethyl adjacent to an activating group) is 1. The number of fused-ring (bicyclic) bond motifs is 1. The third-order valence-corrected chi connectivity index (χ3v) is 4.95. The number of benzene rings is 1. The van der Waals surface area contributed by atoms with Crippen LogP contribution in [0.5, 0.6) is 0 Å². The number of rotatable bonds is 2. The summed E-state index contributed by atoms with van der Waals surface area (Å²) < 4.78 is 0. The highest BCUT2D eigenvalue weighted by molar-refractivity contribution is 5.34. The number of likely N-dealkylation sites (tertiary alicyclic amines) is 1. The van der Waals surface area contributed by atoms with Crippen molar-refractivity contribution in [2.75, 3.05) is 20.1 Å². The second-order valence-electron chi connectivity index (χ2n) is 6.31. The van der Waals surface area contributed by atoms with Gasteiger partial charge in [-0.15, -0.1) is 0 Å². The number of aryl methyl sites for hydroxylation is 1. The highest BCUT2D eigenvalue weighted by atomic mass is 15.2. The van der Waals surface area contributed by atoms with E-state index in [-0.39, 0.29) is 0 Å². The first kappa shape index (κ1) is 13.1. The van der Waals surface area contributed by atoms with E-state index >= 15 is 0 Å². The molecular weight excluding hydrogens is 232 g/mol. The first-order valence-corrected chi connectivity index (χ1v) is 7.78. The van der Waals surface area contributed by atoms with Crippen molar-refractivity contribution >= 4 is 0 Å². The van der Waals surface area contributed by atoms with Crippen molar-refractivity contribution in [1.82, 2.24) is 10.2 Å². The summed E-state index contributed by atoms with van der Waals surface area (Å²) in [4.78, 5) is 2.74. The molecule has 2 aliphatic rings. The zero-order valence-corrected chi connectivity index (χ0v) is 12.2. The predicted molar refractivity (Wildman–Crippen MR) is 80.3 cm³/mol. The average molecular weight is 258 g/mol. The third-order valence-electron chi connectivity index (χ3n) is 4.95. The molecular formula is C17H26N2. The molecule has 3 unspecified atom stereocenters. The zero-order valence-electron chi connectivity index (χ0n) is 12.2. The fraction of sp³-hybridized carbons (Fsp3) is 0.647. The Labute approximate surface area is 117 Å². The number of piperidine rings is 1. The summed E-state index contributed by atoms with van der Waals surface area (Å²) in [6, 6.07) is 10.2. The van der Waals surface area contributed by atoms with E-state index in [9.17, 15) is 0 Å². The molecule has 1 saturated heterocycles. The molecule has 2 heteroatoms. The van der Waals surface area contributed by atoms with Crippen molar-refractivity contribution in [2.24, 2.45) is 5.92 Å². The second-order valence-corrected chi connectivity index (χ2v) is 6.31. The average Bonchev–Trinajstić information content (AvgIpc) is 2.46. The SMILES string of the molecule is CNC1c2ccccc2CCC1N1CCCC(C)C1. The van der Waals surface area contributed by atoms with E-state index in [1.165, 1.54) is 44.3 Å². The minimum Gasteiger partial charge on any atom is -0.312 e. The Hall–Kier alpha value is -0.860. The molecule has 0 radical (unpaired) electrons. The molecule has 1 N–H and O–H groups in total. The number of hydrogen-bond acceptors (Lipinski definition) is 2. The van der Waals surface area contributed by atoms with Gasteiger partial charge in [0.05, 0.1) is 0 Å². The molecule has 1 aromatic rings. The van der Waals surface area contributed by atoms with E-state index in [2.05, 4.69) is 48.5 Å². The van der Waals surface area contributed by atoms with E-state index in [0.717, 1.165) is 5.92 Å². The van der Waals surface area contributed by atoms with Crippen LogP contribution in [0.4, 0.5) is 0 Å². The van der Waals surface area contributed by atoms with Crippen LogP contribution in [-0.2, 0) is 6.42 Å². The highest BCUT2D eigenvalue weighted by Crippen LogP contribution is 2.34. The summed E-state index contributed by atoms with van der Waals surface area (Å²) in [6.07, 6.45) is 5.32. The van der Waals surface area contributed by atoms with Crippen molar-refractivity contribution in [3.63, 3.8) is 0 Å². The molecule has 2 nitrogen and oxygen atoms in total. The van der Waals surface area contributed by atoms with Crippen molar-refractivity contribution < 1.29 is 0 Å². The van der Waals surface area contributed by atoms with Crippen LogP contribution >= 0.6 is 0 Å². The zero-order chi connectivity index (χ0) is 13.2. The minimum atomic E-state index is 0.509. The van der Waals surface area contributed by atoms with Gasteiger partial charge in [0.25, 0.3) is 0 Å². The molecule has 3 atom stereocenters. The molecule has 104 valence electrons. The van der Waals surface area contributed by atoms with Crippen LogP contribution in [-0.4, -0.2) is 31.1 Å². The van der Waals surface area contributed by atoms with E-state index in [0.29, 0.717) is 12.1 Å². The number of nitrogens with zero attached hydrogens (tertiary/aromatic N) is 1. The lowest BCUT2D eigenvalue weighted by Gasteiger charge is -2.44. The standard InChI is InChI=1S/C17H26N2/c1-13-6-5-11-19(12-13)16-10-9-14-7-3-4-8-15(14)17(16)18-2/h3-4,7-8,13,16-18H,5-6,9-12H2,1-2H3. The highest BCUT2D eigenvalue weighted by Gasteiger charge is 2.33. The Morgan fingerprint density at radius 2 is 2.05 bits per heavy atom. The minimum absolute atomic E-state index is 0.509. The Bertz CT molecular complexity index is 429. The first-order valence-electron chi connectivity index (χ1n) is 7.78. The quantitative estimate of drug-likeness (QED) is 0.877. The molecule has 0 bridgehead atoms. The van der Waals surface area contributed by atoms with Crippen molar-refractivity contribution in [3.05, 3.63) is 35.4 Å². The summed E-state index contributed by atoms with van der Waals surface area (Å²) in [6.45, 7) is 4.97. The van der Waals surface area contributed by atoms with E-state index < -0.39 is 0 Å². The lowest BCUT2D eigenvalue weighted by atomic mass is 9.82. The third kappa shape index (κ3) is 2.56. The molecule has 1 fully saturated rings. The molecule has 1 aliphatic heterocycles. The van der Waals surface area contributed by atoms with Crippen LogP contribution in [0.25, 0.3) is 0 Å². The van der Waals surface area contributed by atoms with Gasteiger partial charge in [-0.2, -0.15) is 0 Å². The summed E-state index contributed by atoms with van der Waals surface area (Å²) in [5, 5.41) is 3.58. The molecule has 1 aliphatic carbocycles. The van der Waals surface area contributed by atoms with Gasteiger partial charge in [0.1, 0.15) is 0 Å². The molecule has 0 spiro atoms. The van der Waals surface area contributed by atoms with Gasteiger partial charge in [-0.1, -0.05) is 31.2 Å². The molecule has 1 aromatic carbocycles. The van der Waals surface area contributed by atoms with Crippen molar-refractivity contribution in [2.45, 2.75) is 44.7 Å². The summed E-state index contributed by atoms with van der Waals surface area (Å²) in [5.74, 6) is 0.864. The topological polar surface area (TPSA) is 15.3 Å². The van der Waals surface area contributed by atoms with Gasteiger partial charge < -0.3 is 5.32 Å². The van der Waals surface area contributed by atoms with Crippen LogP contribution in [0.15, 0.2) is 24.3 Å². The van der Waals surface area contributed by atoms with Gasteiger partial charge >= 0.3 is 0 Å². The van der Waals surface area contributed by atoms with E-state index in [4.69, 9.17) is 0 Å². The molecule has 0 saturated carbocycles. The van der Waals surface area contributed by atoms with Crippen LogP contribution in [0, 0.1) is 5.92 Å². The maximum absolute atomic E-state index is 3.58. The normalized spacial score (nSPS) is 32.0. The summed E-state index contributed by atoms with van der Waals surface area (Å²) >= 11 is 0. The van der Waals surface area contributed by atoms with Gasteiger partial charge in [-0.3, -0.25) is 4.90 Å². The van der Waals surface area contributed by atoms with Gasteiger partial charge in [-0.25, -0.2) is 0 Å². The molecule has 1 heterocycles. The van der Waals surface area contributed by atoms with Gasteiger partial charge in [-0.05, 0) is 56.3 Å². The summed E-state index contributed by atoms with van der Waals surface area (Å²) in [5.41, 5.74) is 3.07. The lowest BCUT2D eigenvalue weighted by Crippen LogP contribution is -2.49. The van der Waals surface area contributed by atoms with Crippen LogP contribution in [0.3, 0.4) is 0 Å². The fourth-order valence-corrected chi connectivity index (χ4v) is 4.01. The van der Waals surface area contributed by atoms with Crippen LogP contribution in [0.2, 0.25) is 0 Å². The number of hydrogen-bond donors (Lipinski definition) is 1. The first-order chi connectivity index (χ1) is 9.29. The largest absolute Gasteiger partial charge is 0.312 e. The smallest absolute Gasteiger partial charge is 0.0478 e. The van der Waals surface area contributed by atoms with Crippen molar-refractivity contribution in [3.8, 4) is 0 Å². The maximum Gasteiger partial charge on any atom is 0.0478 e. The maximum atomic E-state index is 3.58. The van der Waals surface area contributed by atoms with E-state index in [1.807, 2.05) is 0 Å². The molecule has 3 rings (SSSR count). The molecule has 19 heavy (non-hydrogen) atoms. The van der Waals surface area contributed by atoms with Crippen molar-refractivity contribution in [1.29, 1.82) is 0 Å². The Morgan fingerprint density at radius 3 is 2.84 bits per heavy atom. The summed E-state index contributed by atoms with van der Waals surface area (Å²) in [7, 11) is 2.12. The Balaban J connectivity index is 1.83. The van der Waals surface area contributed by atoms with Gasteiger partial charge in [0.15, 0.2) is 0 Å². The Kier molecular flexibility index (Phi) is 3.90. The van der Waals surface area contributed by atoms with Gasteiger partial charge in [0, 0.05) is 18.6 Å². The fourth-order valence-electron chi connectivity index (χ4n) is 4.01. The molecule has 0 aromatic heterocycles.